The molecule has 0 heteroatoms. The molecule has 2 aliphatic rings. The summed E-state index contributed by atoms with van der Waals surface area (Å²) in [4.78, 5) is 0. The van der Waals surface area contributed by atoms with Crippen LogP contribution in [0.2, 0.25) is 0 Å². The first kappa shape index (κ1) is 11.5. The Morgan fingerprint density at radius 1 is 0.867 bits per heavy atom. The van der Waals surface area contributed by atoms with Gasteiger partial charge in [-0.15, -0.1) is 0 Å². The minimum atomic E-state index is 0.710. The van der Waals surface area contributed by atoms with Crippen LogP contribution in [0.5, 0.6) is 0 Å². The Bertz CT molecular complexity index is 198. The van der Waals surface area contributed by atoms with E-state index in [2.05, 4.69) is 20.8 Å². The second-order valence-electron chi connectivity index (χ2n) is 6.81. The highest BCUT2D eigenvalue weighted by molar-refractivity contribution is 4.89. The Morgan fingerprint density at radius 3 is 2.13 bits per heavy atom. The molecule has 2 unspecified atom stereocenters. The highest BCUT2D eigenvalue weighted by Gasteiger charge is 2.38. The minimum absolute atomic E-state index is 0.710. The molecule has 0 aromatic heterocycles. The maximum Gasteiger partial charge on any atom is -0.0297 e. The maximum atomic E-state index is 2.58. The van der Waals surface area contributed by atoms with E-state index in [0.29, 0.717) is 5.41 Å². The van der Waals surface area contributed by atoms with Crippen molar-refractivity contribution < 1.29 is 0 Å². The third-order valence-electron chi connectivity index (χ3n) is 5.34. The Morgan fingerprint density at radius 2 is 1.53 bits per heavy atom. The maximum absolute atomic E-state index is 2.58. The summed E-state index contributed by atoms with van der Waals surface area (Å²) in [6.07, 6.45) is 12.0. The van der Waals surface area contributed by atoms with Crippen molar-refractivity contribution in [3.8, 4) is 0 Å². The molecule has 0 heterocycles. The molecule has 0 aromatic rings. The highest BCUT2D eigenvalue weighted by atomic mass is 14.4. The second kappa shape index (κ2) is 4.47. The molecular formula is C15H28. The summed E-state index contributed by atoms with van der Waals surface area (Å²) in [5.74, 6) is 3.05. The first-order valence-corrected chi connectivity index (χ1v) is 7.10. The van der Waals surface area contributed by atoms with E-state index in [4.69, 9.17) is 0 Å². The standard InChI is InChI=1S/C15H28/c1-12-7-9-15(3,10-8-12)14-6-4-5-13(2)11-14/h12-14H,4-11H2,1-3H3. The summed E-state index contributed by atoms with van der Waals surface area (Å²) in [6, 6.07) is 0. The molecule has 0 spiro atoms. The average molecular weight is 208 g/mol. The van der Waals surface area contributed by atoms with Gasteiger partial charge in [0.2, 0.25) is 0 Å². The molecule has 0 aromatic carbocycles. The third kappa shape index (κ3) is 2.57. The van der Waals surface area contributed by atoms with Crippen molar-refractivity contribution in [3.05, 3.63) is 0 Å². The van der Waals surface area contributed by atoms with Crippen LogP contribution in [0.15, 0.2) is 0 Å². The van der Waals surface area contributed by atoms with Gasteiger partial charge in [-0.25, -0.2) is 0 Å². The average Bonchev–Trinajstić information content (AvgIpc) is 2.23. The Kier molecular flexibility index (Phi) is 3.42. The van der Waals surface area contributed by atoms with Crippen molar-refractivity contribution in [2.24, 2.45) is 23.2 Å². The molecule has 0 amide bonds. The Balaban J connectivity index is 1.95. The number of rotatable bonds is 1. The zero-order valence-corrected chi connectivity index (χ0v) is 10.9. The van der Waals surface area contributed by atoms with Gasteiger partial charge in [0.25, 0.3) is 0 Å². The summed E-state index contributed by atoms with van der Waals surface area (Å²) < 4.78 is 0. The normalized spacial score (nSPS) is 47.8. The van der Waals surface area contributed by atoms with Gasteiger partial charge in [-0.05, 0) is 48.9 Å². The molecule has 2 atom stereocenters. The van der Waals surface area contributed by atoms with Gasteiger partial charge in [0.1, 0.15) is 0 Å². The predicted octanol–water partition coefficient (Wildman–Crippen LogP) is 5.03. The van der Waals surface area contributed by atoms with Gasteiger partial charge in [-0.2, -0.15) is 0 Å². The van der Waals surface area contributed by atoms with E-state index in [0.717, 1.165) is 17.8 Å². The van der Waals surface area contributed by atoms with E-state index in [1.165, 1.54) is 51.4 Å². The van der Waals surface area contributed by atoms with Gasteiger partial charge in [-0.3, -0.25) is 0 Å². The van der Waals surface area contributed by atoms with Crippen molar-refractivity contribution in [2.45, 2.75) is 72.1 Å². The molecule has 2 fully saturated rings. The van der Waals surface area contributed by atoms with E-state index >= 15 is 0 Å². The van der Waals surface area contributed by atoms with E-state index in [-0.39, 0.29) is 0 Å². The van der Waals surface area contributed by atoms with Crippen molar-refractivity contribution in [3.63, 3.8) is 0 Å². The molecule has 2 saturated carbocycles. The van der Waals surface area contributed by atoms with Gasteiger partial charge in [0.15, 0.2) is 0 Å². The third-order valence-corrected chi connectivity index (χ3v) is 5.34. The SMILES string of the molecule is CC1CCC(C)(C2CCCC(C)C2)CC1. The quantitative estimate of drug-likeness (QED) is 0.567. The summed E-state index contributed by atoms with van der Waals surface area (Å²) in [7, 11) is 0. The Hall–Kier alpha value is 0. The van der Waals surface area contributed by atoms with Crippen LogP contribution in [0.25, 0.3) is 0 Å². The molecule has 0 saturated heterocycles. The van der Waals surface area contributed by atoms with Gasteiger partial charge >= 0.3 is 0 Å². The molecule has 2 rings (SSSR count). The van der Waals surface area contributed by atoms with Gasteiger partial charge in [0.05, 0.1) is 0 Å². The van der Waals surface area contributed by atoms with E-state index in [1.54, 1.807) is 0 Å². The van der Waals surface area contributed by atoms with Crippen LogP contribution >= 0.6 is 0 Å². The monoisotopic (exact) mass is 208 g/mol. The molecule has 0 aliphatic heterocycles. The zero-order valence-electron chi connectivity index (χ0n) is 10.9. The molecule has 88 valence electrons. The summed E-state index contributed by atoms with van der Waals surface area (Å²) in [5.41, 5.74) is 0.710. The first-order valence-electron chi connectivity index (χ1n) is 7.10. The predicted molar refractivity (Wildman–Crippen MR) is 66.9 cm³/mol. The van der Waals surface area contributed by atoms with Crippen LogP contribution in [0.4, 0.5) is 0 Å². The lowest BCUT2D eigenvalue weighted by atomic mass is 9.60. The van der Waals surface area contributed by atoms with E-state index in [1.807, 2.05) is 0 Å². The van der Waals surface area contributed by atoms with Crippen molar-refractivity contribution in [1.29, 1.82) is 0 Å². The van der Waals surface area contributed by atoms with Crippen molar-refractivity contribution in [2.75, 3.05) is 0 Å². The molecular weight excluding hydrogens is 180 g/mol. The number of hydrogen-bond donors (Lipinski definition) is 0. The first-order chi connectivity index (χ1) is 7.10. The molecule has 2 aliphatic carbocycles. The van der Waals surface area contributed by atoms with Crippen LogP contribution in [0.3, 0.4) is 0 Å². The fraction of sp³-hybridized carbons (Fsp3) is 1.00. The van der Waals surface area contributed by atoms with Gasteiger partial charge in [0, 0.05) is 0 Å². The largest absolute Gasteiger partial charge is 0.0625 e. The minimum Gasteiger partial charge on any atom is -0.0625 e. The summed E-state index contributed by atoms with van der Waals surface area (Å²) in [6.45, 7) is 7.48. The lowest BCUT2D eigenvalue weighted by molar-refractivity contribution is 0.0565. The van der Waals surface area contributed by atoms with E-state index in [9.17, 15) is 0 Å². The Labute approximate surface area is 95.8 Å². The van der Waals surface area contributed by atoms with Crippen LogP contribution in [-0.4, -0.2) is 0 Å². The molecule has 0 nitrogen and oxygen atoms in total. The number of hydrogen-bond acceptors (Lipinski definition) is 0. The summed E-state index contributed by atoms with van der Waals surface area (Å²) >= 11 is 0. The van der Waals surface area contributed by atoms with Crippen molar-refractivity contribution in [1.82, 2.24) is 0 Å². The zero-order chi connectivity index (χ0) is 10.9. The topological polar surface area (TPSA) is 0 Å². The van der Waals surface area contributed by atoms with Crippen LogP contribution in [0.1, 0.15) is 72.1 Å². The molecule has 0 N–H and O–H groups in total. The molecule has 0 bridgehead atoms. The lowest BCUT2D eigenvalue weighted by Crippen LogP contribution is -2.34. The van der Waals surface area contributed by atoms with Crippen LogP contribution in [-0.2, 0) is 0 Å². The lowest BCUT2D eigenvalue weighted by Gasteiger charge is -2.45. The second-order valence-corrected chi connectivity index (χ2v) is 6.81. The highest BCUT2D eigenvalue weighted by Crippen LogP contribution is 2.49. The van der Waals surface area contributed by atoms with Crippen molar-refractivity contribution >= 4 is 0 Å². The van der Waals surface area contributed by atoms with Crippen LogP contribution in [0, 0.1) is 23.2 Å². The summed E-state index contributed by atoms with van der Waals surface area (Å²) in [5, 5.41) is 0. The van der Waals surface area contributed by atoms with Crippen LogP contribution < -0.4 is 0 Å². The molecule has 0 radical (unpaired) electrons. The smallest absolute Gasteiger partial charge is 0.0297 e. The molecule has 15 heavy (non-hydrogen) atoms. The van der Waals surface area contributed by atoms with E-state index < -0.39 is 0 Å². The van der Waals surface area contributed by atoms with Gasteiger partial charge in [-0.1, -0.05) is 46.5 Å². The fourth-order valence-electron chi connectivity index (χ4n) is 3.90. The fourth-order valence-corrected chi connectivity index (χ4v) is 3.90. The van der Waals surface area contributed by atoms with Gasteiger partial charge < -0.3 is 0 Å².